The van der Waals surface area contributed by atoms with Crippen LogP contribution in [0.2, 0.25) is 4.34 Å². The van der Waals surface area contributed by atoms with Gasteiger partial charge in [-0.05, 0) is 54.3 Å². The number of fused-ring (bicyclic) bond motifs is 1. The van der Waals surface area contributed by atoms with Crippen LogP contribution >= 0.6 is 22.9 Å². The van der Waals surface area contributed by atoms with E-state index in [9.17, 15) is 9.59 Å². The van der Waals surface area contributed by atoms with E-state index in [4.69, 9.17) is 16.3 Å². The summed E-state index contributed by atoms with van der Waals surface area (Å²) in [5.41, 5.74) is 2.24. The second-order valence-electron chi connectivity index (χ2n) is 8.76. The summed E-state index contributed by atoms with van der Waals surface area (Å²) >= 11 is 7.15. The third kappa shape index (κ3) is 4.65. The van der Waals surface area contributed by atoms with Crippen molar-refractivity contribution in [2.45, 2.75) is 37.6 Å². The van der Waals surface area contributed by atoms with Crippen LogP contribution in [0.25, 0.3) is 0 Å². The zero-order valence-corrected chi connectivity index (χ0v) is 19.6. The van der Waals surface area contributed by atoms with E-state index in [1.54, 1.807) is 12.1 Å². The first-order chi connectivity index (χ1) is 14.8. The van der Waals surface area contributed by atoms with Gasteiger partial charge in [0.25, 0.3) is 11.8 Å². The van der Waals surface area contributed by atoms with Crippen LogP contribution in [-0.2, 0) is 9.53 Å². The lowest BCUT2D eigenvalue weighted by Gasteiger charge is -2.27. The van der Waals surface area contributed by atoms with E-state index in [0.717, 1.165) is 18.8 Å². The molecule has 2 N–H and O–H groups in total. The molecule has 3 heterocycles. The fourth-order valence-corrected chi connectivity index (χ4v) is 5.54. The summed E-state index contributed by atoms with van der Waals surface area (Å²) in [5, 5.41) is 5.94. The smallest absolute Gasteiger partial charge is 0.262 e. The molecule has 0 bridgehead atoms. The van der Waals surface area contributed by atoms with Crippen molar-refractivity contribution in [3.8, 4) is 0 Å². The minimum Gasteiger partial charge on any atom is -0.378 e. The zero-order chi connectivity index (χ0) is 22.2. The van der Waals surface area contributed by atoms with Gasteiger partial charge in [0.15, 0.2) is 0 Å². The lowest BCUT2D eigenvalue weighted by atomic mass is 9.90. The van der Waals surface area contributed by atoms with E-state index in [2.05, 4.69) is 48.6 Å². The summed E-state index contributed by atoms with van der Waals surface area (Å²) in [5.74, 6) is 0.229. The van der Waals surface area contributed by atoms with Gasteiger partial charge < -0.3 is 20.3 Å². The van der Waals surface area contributed by atoms with Crippen molar-refractivity contribution in [3.05, 3.63) is 50.7 Å². The summed E-state index contributed by atoms with van der Waals surface area (Å²) < 4.78 is 6.04. The standard InChI is InChI=1S/C23H28ClN3O3S/c1-14-11-27(3)12-15(2)18-10-16(4-5-17(14)18)25-22(29)23(8-9-30-13-23)26-21(28)19-6-7-20(24)31-19/h4-7,10,14-15H,8-9,11-13H2,1-3H3,(H,25,29)(H,26,28)/t14?,15-,23+/m1/s1. The molecule has 2 aliphatic rings. The topological polar surface area (TPSA) is 70.7 Å². The van der Waals surface area contributed by atoms with Crippen LogP contribution in [0.3, 0.4) is 0 Å². The summed E-state index contributed by atoms with van der Waals surface area (Å²) in [7, 11) is 2.15. The van der Waals surface area contributed by atoms with Crippen molar-refractivity contribution in [3.63, 3.8) is 0 Å². The SMILES string of the molecule is CC1CN(C)C[C@@H](C)c2cc(NC(=O)[C@]3(NC(=O)c4ccc(Cl)s4)CCOC3)ccc21. The highest BCUT2D eigenvalue weighted by molar-refractivity contribution is 7.18. The van der Waals surface area contributed by atoms with Crippen LogP contribution in [0, 0.1) is 0 Å². The number of nitrogens with zero attached hydrogens (tertiary/aromatic N) is 1. The van der Waals surface area contributed by atoms with Crippen LogP contribution in [0.4, 0.5) is 5.69 Å². The Bertz CT molecular complexity index is 986. The van der Waals surface area contributed by atoms with Gasteiger partial charge in [-0.2, -0.15) is 0 Å². The van der Waals surface area contributed by atoms with Crippen LogP contribution < -0.4 is 10.6 Å². The normalized spacial score (nSPS) is 26.2. The predicted octanol–water partition coefficient (Wildman–Crippen LogP) is 4.08. The minimum atomic E-state index is -1.10. The molecule has 3 atom stereocenters. The molecule has 2 aliphatic heterocycles. The number of thiophene rings is 1. The minimum absolute atomic E-state index is 0.146. The average Bonchev–Trinajstić information content (AvgIpc) is 3.35. The van der Waals surface area contributed by atoms with Gasteiger partial charge >= 0.3 is 0 Å². The molecular formula is C23H28ClN3O3S. The fraction of sp³-hybridized carbons (Fsp3) is 0.478. The number of anilines is 1. The molecule has 1 fully saturated rings. The molecule has 4 rings (SSSR count). The molecular weight excluding hydrogens is 434 g/mol. The van der Waals surface area contributed by atoms with E-state index in [1.807, 2.05) is 6.07 Å². The van der Waals surface area contributed by atoms with E-state index in [1.165, 1.54) is 22.5 Å². The van der Waals surface area contributed by atoms with Gasteiger partial charge in [-0.25, -0.2) is 0 Å². The van der Waals surface area contributed by atoms with Gasteiger partial charge in [-0.1, -0.05) is 31.5 Å². The number of hydrogen-bond donors (Lipinski definition) is 2. The number of amides is 2. The Morgan fingerprint density at radius 1 is 1.16 bits per heavy atom. The Hall–Kier alpha value is -1.93. The number of carbonyl (C=O) groups excluding carboxylic acids is 2. The first-order valence-corrected chi connectivity index (χ1v) is 11.8. The summed E-state index contributed by atoms with van der Waals surface area (Å²) in [4.78, 5) is 28.8. The fourth-order valence-electron chi connectivity index (χ4n) is 4.60. The van der Waals surface area contributed by atoms with E-state index in [-0.39, 0.29) is 18.4 Å². The quantitative estimate of drug-likeness (QED) is 0.719. The average molecular weight is 462 g/mol. The number of benzene rings is 1. The summed E-state index contributed by atoms with van der Waals surface area (Å²) in [6, 6.07) is 9.49. The third-order valence-corrected chi connectivity index (χ3v) is 7.41. The number of nitrogens with one attached hydrogen (secondary N) is 2. The first-order valence-electron chi connectivity index (χ1n) is 10.6. The van der Waals surface area contributed by atoms with Crippen molar-refractivity contribution in [2.75, 3.05) is 38.7 Å². The maximum Gasteiger partial charge on any atom is 0.262 e. The largest absolute Gasteiger partial charge is 0.378 e. The van der Waals surface area contributed by atoms with Crippen molar-refractivity contribution in [1.29, 1.82) is 0 Å². The molecule has 166 valence electrons. The van der Waals surface area contributed by atoms with Gasteiger partial charge in [0.05, 0.1) is 15.8 Å². The highest BCUT2D eigenvalue weighted by atomic mass is 35.5. The molecule has 2 aromatic rings. The Morgan fingerprint density at radius 3 is 2.55 bits per heavy atom. The second kappa shape index (κ2) is 8.90. The van der Waals surface area contributed by atoms with Crippen LogP contribution in [0.5, 0.6) is 0 Å². The molecule has 31 heavy (non-hydrogen) atoms. The molecule has 1 aromatic carbocycles. The van der Waals surface area contributed by atoms with Gasteiger partial charge in [0, 0.05) is 31.8 Å². The van der Waals surface area contributed by atoms with Gasteiger partial charge in [-0.3, -0.25) is 9.59 Å². The zero-order valence-electron chi connectivity index (χ0n) is 18.0. The van der Waals surface area contributed by atoms with Crippen LogP contribution in [-0.4, -0.2) is 55.6 Å². The highest BCUT2D eigenvalue weighted by Gasteiger charge is 2.44. The molecule has 2 amide bonds. The van der Waals surface area contributed by atoms with Crippen molar-refractivity contribution >= 4 is 40.4 Å². The molecule has 0 aliphatic carbocycles. The van der Waals surface area contributed by atoms with Crippen LogP contribution in [0.1, 0.15) is 52.9 Å². The summed E-state index contributed by atoms with van der Waals surface area (Å²) in [6.07, 6.45) is 0.423. The van der Waals surface area contributed by atoms with Crippen LogP contribution in [0.15, 0.2) is 30.3 Å². The third-order valence-electron chi connectivity index (χ3n) is 6.18. The van der Waals surface area contributed by atoms with E-state index >= 15 is 0 Å². The maximum atomic E-state index is 13.3. The molecule has 6 nitrogen and oxygen atoms in total. The maximum absolute atomic E-state index is 13.3. The number of halogens is 1. The monoisotopic (exact) mass is 461 g/mol. The number of rotatable bonds is 4. The Balaban J connectivity index is 1.54. The van der Waals surface area contributed by atoms with E-state index in [0.29, 0.717) is 34.1 Å². The number of hydrogen-bond acceptors (Lipinski definition) is 5. The highest BCUT2D eigenvalue weighted by Crippen LogP contribution is 2.33. The molecule has 0 saturated carbocycles. The number of ether oxygens (including phenoxy) is 1. The lowest BCUT2D eigenvalue weighted by molar-refractivity contribution is -0.122. The molecule has 1 unspecified atom stereocenters. The number of carbonyl (C=O) groups is 2. The van der Waals surface area contributed by atoms with Gasteiger partial charge in [0.1, 0.15) is 5.54 Å². The molecule has 0 spiro atoms. The Morgan fingerprint density at radius 2 is 1.90 bits per heavy atom. The second-order valence-corrected chi connectivity index (χ2v) is 10.5. The van der Waals surface area contributed by atoms with Gasteiger partial charge in [0.2, 0.25) is 0 Å². The van der Waals surface area contributed by atoms with Crippen molar-refractivity contribution < 1.29 is 14.3 Å². The van der Waals surface area contributed by atoms with Crippen molar-refractivity contribution in [1.82, 2.24) is 10.2 Å². The number of likely N-dealkylation sites (N-methyl/N-ethyl adjacent to an activating group) is 1. The Labute approximate surface area is 191 Å². The van der Waals surface area contributed by atoms with Gasteiger partial charge in [-0.15, -0.1) is 11.3 Å². The van der Waals surface area contributed by atoms with E-state index < -0.39 is 5.54 Å². The van der Waals surface area contributed by atoms with Crippen molar-refractivity contribution in [2.24, 2.45) is 0 Å². The lowest BCUT2D eigenvalue weighted by Crippen LogP contribution is -2.57. The Kier molecular flexibility index (Phi) is 6.40. The molecule has 0 radical (unpaired) electrons. The summed E-state index contributed by atoms with van der Waals surface area (Å²) in [6.45, 7) is 7.02. The first kappa shape index (κ1) is 22.3. The molecule has 1 aromatic heterocycles. The molecule has 8 heteroatoms. The predicted molar refractivity (Wildman–Crippen MR) is 124 cm³/mol. The molecule has 1 saturated heterocycles.